The molecule has 6 nitrogen and oxygen atoms in total. The molecule has 1 saturated heterocycles. The average molecular weight is 507 g/mol. The highest BCUT2D eigenvalue weighted by Gasteiger charge is 2.35. The van der Waals surface area contributed by atoms with Gasteiger partial charge in [0.15, 0.2) is 0 Å². The van der Waals surface area contributed by atoms with E-state index in [0.717, 1.165) is 48.3 Å². The largest absolute Gasteiger partial charge is 0.336 e. The van der Waals surface area contributed by atoms with Crippen LogP contribution in [0.3, 0.4) is 0 Å². The van der Waals surface area contributed by atoms with E-state index in [9.17, 15) is 14.0 Å². The molecule has 1 fully saturated rings. The predicted molar refractivity (Wildman–Crippen MR) is 145 cm³/mol. The molecule has 1 aliphatic rings. The summed E-state index contributed by atoms with van der Waals surface area (Å²) in [7, 11) is 0. The zero-order chi connectivity index (χ0) is 26.9. The number of aldehydes is 1. The lowest BCUT2D eigenvalue weighted by atomic mass is 9.85. The van der Waals surface area contributed by atoms with Gasteiger partial charge in [-0.15, -0.1) is 0 Å². The van der Waals surface area contributed by atoms with Gasteiger partial charge in [-0.1, -0.05) is 19.9 Å². The first-order chi connectivity index (χ1) is 17.7. The number of hydrogen-bond donors (Lipinski definition) is 0. The van der Waals surface area contributed by atoms with Gasteiger partial charge in [-0.2, -0.15) is 0 Å². The second-order valence-electron chi connectivity index (χ2n) is 10.8. The SMILES string of the molecule is CCN(C(=O)c1cc(F)ccc1-c1cc(C2CN([C@H](CCC=O)C(C)C)C2)cn2c(C)ncc12)C(C)C. The molecular formula is C30H39FN4O2. The van der Waals surface area contributed by atoms with Gasteiger partial charge in [-0.3, -0.25) is 9.69 Å². The lowest BCUT2D eigenvalue weighted by Crippen LogP contribution is -2.52. The lowest BCUT2D eigenvalue weighted by molar-refractivity contribution is -0.108. The summed E-state index contributed by atoms with van der Waals surface area (Å²) in [4.78, 5) is 33.3. The molecule has 0 radical (unpaired) electrons. The van der Waals surface area contributed by atoms with Crippen LogP contribution in [-0.4, -0.2) is 63.1 Å². The van der Waals surface area contributed by atoms with E-state index in [0.29, 0.717) is 36.4 Å². The summed E-state index contributed by atoms with van der Waals surface area (Å²) in [6.07, 6.45) is 6.45. The van der Waals surface area contributed by atoms with Gasteiger partial charge in [-0.25, -0.2) is 9.37 Å². The summed E-state index contributed by atoms with van der Waals surface area (Å²) in [5.41, 5.74) is 4.06. The Hall–Kier alpha value is -3.06. The van der Waals surface area contributed by atoms with Crippen LogP contribution >= 0.6 is 0 Å². The highest BCUT2D eigenvalue weighted by Crippen LogP contribution is 2.37. The van der Waals surface area contributed by atoms with Gasteiger partial charge < -0.3 is 14.1 Å². The van der Waals surface area contributed by atoms with Crippen molar-refractivity contribution in [1.29, 1.82) is 0 Å². The van der Waals surface area contributed by atoms with Crippen LogP contribution in [0.2, 0.25) is 0 Å². The number of pyridine rings is 1. The normalized spacial score (nSPS) is 15.4. The van der Waals surface area contributed by atoms with Gasteiger partial charge in [0.2, 0.25) is 0 Å². The van der Waals surface area contributed by atoms with Gasteiger partial charge >= 0.3 is 0 Å². The average Bonchev–Trinajstić information content (AvgIpc) is 3.20. The number of carbonyl (C=O) groups is 2. The van der Waals surface area contributed by atoms with Crippen LogP contribution in [0.25, 0.3) is 16.6 Å². The van der Waals surface area contributed by atoms with Gasteiger partial charge in [0.1, 0.15) is 17.9 Å². The zero-order valence-corrected chi connectivity index (χ0v) is 22.9. The molecule has 1 aromatic carbocycles. The Morgan fingerprint density at radius 3 is 2.54 bits per heavy atom. The van der Waals surface area contributed by atoms with Gasteiger partial charge in [0.05, 0.1) is 17.3 Å². The summed E-state index contributed by atoms with van der Waals surface area (Å²) >= 11 is 0. The molecule has 4 rings (SSSR count). The lowest BCUT2D eigenvalue weighted by Gasteiger charge is -2.46. The maximum Gasteiger partial charge on any atom is 0.254 e. The Labute approximate surface area is 219 Å². The third kappa shape index (κ3) is 5.33. The van der Waals surface area contributed by atoms with E-state index in [1.54, 1.807) is 11.0 Å². The molecule has 37 heavy (non-hydrogen) atoms. The second kappa shape index (κ2) is 11.1. The smallest absolute Gasteiger partial charge is 0.254 e. The first kappa shape index (κ1) is 27.0. The maximum absolute atomic E-state index is 14.4. The Bertz CT molecular complexity index is 1280. The van der Waals surface area contributed by atoms with E-state index in [1.807, 2.05) is 33.9 Å². The van der Waals surface area contributed by atoms with Gasteiger partial charge in [0.25, 0.3) is 5.91 Å². The first-order valence-corrected chi connectivity index (χ1v) is 13.4. The Balaban J connectivity index is 1.75. The summed E-state index contributed by atoms with van der Waals surface area (Å²) in [5.74, 6) is 1.09. The van der Waals surface area contributed by atoms with E-state index in [1.165, 1.54) is 17.7 Å². The summed E-state index contributed by atoms with van der Waals surface area (Å²) < 4.78 is 16.5. The number of fused-ring (bicyclic) bond motifs is 1. The molecule has 0 unspecified atom stereocenters. The van der Waals surface area contributed by atoms with Crippen LogP contribution in [0.15, 0.2) is 36.7 Å². The molecule has 0 bridgehead atoms. The molecule has 3 aromatic rings. The predicted octanol–water partition coefficient (Wildman–Crippen LogP) is 5.72. The molecule has 7 heteroatoms. The van der Waals surface area contributed by atoms with Crippen LogP contribution in [0.5, 0.6) is 0 Å². The van der Waals surface area contributed by atoms with E-state index in [-0.39, 0.29) is 11.9 Å². The number of halogens is 1. The van der Waals surface area contributed by atoms with Crippen molar-refractivity contribution in [3.63, 3.8) is 0 Å². The number of nitrogens with zero attached hydrogens (tertiary/aromatic N) is 4. The van der Waals surface area contributed by atoms with Crippen molar-refractivity contribution in [2.24, 2.45) is 5.92 Å². The minimum Gasteiger partial charge on any atom is -0.336 e. The van der Waals surface area contributed by atoms with Crippen molar-refractivity contribution in [2.75, 3.05) is 19.6 Å². The van der Waals surface area contributed by atoms with E-state index < -0.39 is 5.82 Å². The molecule has 0 saturated carbocycles. The third-order valence-electron chi connectivity index (χ3n) is 7.77. The number of aryl methyl sites for hydroxylation is 1. The van der Waals surface area contributed by atoms with Crippen LogP contribution in [0.1, 0.15) is 75.1 Å². The number of benzene rings is 1. The van der Waals surface area contributed by atoms with Crippen LogP contribution in [-0.2, 0) is 4.79 Å². The molecule has 1 atom stereocenters. The fourth-order valence-corrected chi connectivity index (χ4v) is 5.68. The number of amides is 1. The molecule has 0 N–H and O–H groups in total. The molecule has 1 aliphatic heterocycles. The zero-order valence-electron chi connectivity index (χ0n) is 22.9. The van der Waals surface area contributed by atoms with Crippen LogP contribution in [0, 0.1) is 18.7 Å². The Morgan fingerprint density at radius 2 is 1.92 bits per heavy atom. The molecule has 1 amide bonds. The molecule has 0 spiro atoms. The van der Waals surface area contributed by atoms with Crippen molar-refractivity contribution in [3.05, 3.63) is 59.4 Å². The molecular weight excluding hydrogens is 467 g/mol. The van der Waals surface area contributed by atoms with Crippen molar-refractivity contribution >= 4 is 17.7 Å². The highest BCUT2D eigenvalue weighted by molar-refractivity contribution is 6.03. The Morgan fingerprint density at radius 1 is 1.19 bits per heavy atom. The highest BCUT2D eigenvalue weighted by atomic mass is 19.1. The minimum absolute atomic E-state index is 0.00580. The summed E-state index contributed by atoms with van der Waals surface area (Å²) in [5, 5.41) is 0. The number of carbonyl (C=O) groups excluding carboxylic acids is 2. The van der Waals surface area contributed by atoms with E-state index >= 15 is 0 Å². The molecule has 0 aliphatic carbocycles. The molecule has 2 aromatic heterocycles. The molecule has 3 heterocycles. The number of rotatable bonds is 10. The third-order valence-corrected chi connectivity index (χ3v) is 7.77. The monoisotopic (exact) mass is 506 g/mol. The Kier molecular flexibility index (Phi) is 8.12. The standard InChI is InChI=1S/C30H39FN4O2/c1-7-34(20(4)5)30(37)27-14-24(31)10-11-25(27)26-13-22(18-35-21(6)32-15-29(26)35)23-16-33(17-23)28(19(2)3)9-8-12-36/h10-15,18-20,23,28H,7-9,16-17H2,1-6H3/t28-/m1/s1. The fraction of sp³-hybridized carbons (Fsp3) is 0.500. The van der Waals surface area contributed by atoms with E-state index in [2.05, 4.69) is 40.4 Å². The van der Waals surface area contributed by atoms with Crippen molar-refractivity contribution in [1.82, 2.24) is 19.2 Å². The summed E-state index contributed by atoms with van der Waals surface area (Å²) in [6.45, 7) is 14.7. The van der Waals surface area contributed by atoms with Crippen molar-refractivity contribution in [2.45, 2.75) is 72.4 Å². The van der Waals surface area contributed by atoms with Gasteiger partial charge in [0, 0.05) is 55.8 Å². The quantitative estimate of drug-likeness (QED) is 0.330. The number of likely N-dealkylation sites (tertiary alicyclic amines) is 1. The molecule has 198 valence electrons. The number of aromatic nitrogens is 2. The minimum atomic E-state index is -0.423. The van der Waals surface area contributed by atoms with Crippen LogP contribution in [0.4, 0.5) is 4.39 Å². The topological polar surface area (TPSA) is 57.9 Å². The van der Waals surface area contributed by atoms with Gasteiger partial charge in [-0.05, 0) is 69.4 Å². The maximum atomic E-state index is 14.4. The number of hydrogen-bond acceptors (Lipinski definition) is 4. The van der Waals surface area contributed by atoms with Crippen molar-refractivity contribution in [3.8, 4) is 11.1 Å². The van der Waals surface area contributed by atoms with Crippen LogP contribution < -0.4 is 0 Å². The summed E-state index contributed by atoms with van der Waals surface area (Å²) in [6, 6.07) is 7.06. The fourth-order valence-electron chi connectivity index (χ4n) is 5.68. The second-order valence-corrected chi connectivity index (χ2v) is 10.8. The first-order valence-electron chi connectivity index (χ1n) is 13.4. The van der Waals surface area contributed by atoms with E-state index in [4.69, 9.17) is 0 Å². The number of imidazole rings is 1. The van der Waals surface area contributed by atoms with Crippen molar-refractivity contribution < 1.29 is 14.0 Å².